The van der Waals surface area contributed by atoms with Crippen molar-refractivity contribution in [3.8, 4) is 5.75 Å². The normalized spacial score (nSPS) is 13.6. The number of ether oxygens (including phenoxy) is 3. The molecule has 0 heterocycles. The molecule has 0 radical (unpaired) electrons. The number of rotatable bonds is 8. The summed E-state index contributed by atoms with van der Waals surface area (Å²) < 4.78 is 15.9. The molecule has 0 saturated heterocycles. The van der Waals surface area contributed by atoms with Gasteiger partial charge in [0.25, 0.3) is 0 Å². The topological polar surface area (TPSA) is 85.3 Å². The fourth-order valence-electron chi connectivity index (χ4n) is 2.42. The summed E-state index contributed by atoms with van der Waals surface area (Å²) in [5, 5.41) is 9.79. The zero-order valence-electron chi connectivity index (χ0n) is 17.1. The van der Waals surface area contributed by atoms with Crippen molar-refractivity contribution in [3.05, 3.63) is 29.8 Å². The quantitative estimate of drug-likeness (QED) is 0.548. The highest BCUT2D eigenvalue weighted by atomic mass is 16.6. The summed E-state index contributed by atoms with van der Waals surface area (Å²) in [6.07, 6.45) is 0.0475. The highest BCUT2D eigenvalue weighted by Crippen LogP contribution is 2.25. The molecule has 0 fully saturated rings. The summed E-state index contributed by atoms with van der Waals surface area (Å²) in [6.45, 7) is 8.65. The van der Waals surface area contributed by atoms with Crippen molar-refractivity contribution in [2.45, 2.75) is 58.6 Å². The van der Waals surface area contributed by atoms with Gasteiger partial charge in [0.1, 0.15) is 23.6 Å². The van der Waals surface area contributed by atoms with E-state index in [-0.39, 0.29) is 19.1 Å². The van der Waals surface area contributed by atoms with Crippen LogP contribution in [0.1, 0.15) is 46.6 Å². The molecule has 1 amide bonds. The van der Waals surface area contributed by atoms with Crippen molar-refractivity contribution < 1.29 is 28.9 Å². The highest BCUT2D eigenvalue weighted by Gasteiger charge is 2.44. The van der Waals surface area contributed by atoms with Gasteiger partial charge in [0, 0.05) is 13.5 Å². The summed E-state index contributed by atoms with van der Waals surface area (Å²) in [4.78, 5) is 26.6. The smallest absolute Gasteiger partial charge is 0.413 e. The average molecular weight is 381 g/mol. The Bertz CT molecular complexity index is 640. The zero-order chi connectivity index (χ0) is 20.7. The SMILES string of the molecule is CC[C@@](C)(C(=O)OCCc1ccccc1O)N(COC)C(=O)OC(C)(C)C. The van der Waals surface area contributed by atoms with E-state index in [9.17, 15) is 14.7 Å². The van der Waals surface area contributed by atoms with E-state index in [2.05, 4.69) is 0 Å². The Morgan fingerprint density at radius 1 is 1.15 bits per heavy atom. The molecule has 0 unspecified atom stereocenters. The number of phenols is 1. The summed E-state index contributed by atoms with van der Waals surface area (Å²) >= 11 is 0. The molecular weight excluding hydrogens is 350 g/mol. The van der Waals surface area contributed by atoms with Crippen LogP contribution in [0.25, 0.3) is 0 Å². The van der Waals surface area contributed by atoms with E-state index in [0.717, 1.165) is 0 Å². The van der Waals surface area contributed by atoms with Gasteiger partial charge in [-0.25, -0.2) is 9.59 Å². The van der Waals surface area contributed by atoms with Gasteiger partial charge in [0.2, 0.25) is 0 Å². The van der Waals surface area contributed by atoms with Gasteiger partial charge in [0.15, 0.2) is 0 Å². The molecule has 0 aliphatic heterocycles. The fraction of sp³-hybridized carbons (Fsp3) is 0.600. The molecule has 1 atom stereocenters. The number of benzene rings is 1. The average Bonchev–Trinajstić information content (AvgIpc) is 2.59. The van der Waals surface area contributed by atoms with Crippen LogP contribution in [0.3, 0.4) is 0 Å². The summed E-state index contributed by atoms with van der Waals surface area (Å²) in [5.41, 5.74) is -1.26. The molecule has 0 saturated carbocycles. The number of hydrogen-bond acceptors (Lipinski definition) is 6. The van der Waals surface area contributed by atoms with Gasteiger partial charge in [-0.15, -0.1) is 0 Å². The minimum absolute atomic E-state index is 0.0845. The fourth-order valence-corrected chi connectivity index (χ4v) is 2.42. The Labute approximate surface area is 161 Å². The Hall–Kier alpha value is -2.28. The van der Waals surface area contributed by atoms with Crippen LogP contribution >= 0.6 is 0 Å². The minimum Gasteiger partial charge on any atom is -0.508 e. The molecule has 1 aromatic rings. The number of phenolic OH excluding ortho intramolecular Hbond substituents is 1. The van der Waals surface area contributed by atoms with Crippen molar-refractivity contribution in [2.75, 3.05) is 20.4 Å². The predicted octanol–water partition coefficient (Wildman–Crippen LogP) is 3.49. The number of amides is 1. The molecule has 0 spiro atoms. The summed E-state index contributed by atoms with van der Waals surface area (Å²) in [6, 6.07) is 6.87. The molecule has 27 heavy (non-hydrogen) atoms. The number of carbonyl (C=O) groups is 2. The maximum atomic E-state index is 12.8. The lowest BCUT2D eigenvalue weighted by molar-refractivity contribution is -0.160. The molecule has 1 rings (SSSR count). The van der Waals surface area contributed by atoms with E-state index in [1.54, 1.807) is 58.9 Å². The predicted molar refractivity (Wildman–Crippen MR) is 101 cm³/mol. The second-order valence-electron chi connectivity index (χ2n) is 7.47. The molecule has 1 N–H and O–H groups in total. The first-order valence-electron chi connectivity index (χ1n) is 8.98. The maximum Gasteiger partial charge on any atom is 0.413 e. The monoisotopic (exact) mass is 381 g/mol. The zero-order valence-corrected chi connectivity index (χ0v) is 17.1. The largest absolute Gasteiger partial charge is 0.508 e. The first kappa shape index (κ1) is 22.8. The van der Waals surface area contributed by atoms with E-state index < -0.39 is 23.2 Å². The molecule has 0 aromatic heterocycles. The van der Waals surface area contributed by atoms with Crippen molar-refractivity contribution in [2.24, 2.45) is 0 Å². The lowest BCUT2D eigenvalue weighted by Crippen LogP contribution is -2.57. The van der Waals surface area contributed by atoms with Gasteiger partial charge in [-0.3, -0.25) is 4.90 Å². The van der Waals surface area contributed by atoms with Gasteiger partial charge in [-0.1, -0.05) is 25.1 Å². The van der Waals surface area contributed by atoms with Crippen LogP contribution < -0.4 is 0 Å². The first-order chi connectivity index (χ1) is 12.5. The standard InChI is InChI=1S/C20H31NO6/c1-7-20(5,21(14-25-6)18(24)27-19(2,3)4)17(23)26-13-12-15-10-8-9-11-16(15)22/h8-11,22H,7,12-14H2,1-6H3/t20-/m0/s1. The second-order valence-corrected chi connectivity index (χ2v) is 7.47. The molecule has 1 aromatic carbocycles. The Morgan fingerprint density at radius 2 is 1.78 bits per heavy atom. The van der Waals surface area contributed by atoms with Crippen LogP contribution in [0.4, 0.5) is 4.79 Å². The number of methoxy groups -OCH3 is 1. The van der Waals surface area contributed by atoms with E-state index in [0.29, 0.717) is 18.4 Å². The van der Waals surface area contributed by atoms with Crippen LogP contribution in [0, 0.1) is 0 Å². The van der Waals surface area contributed by atoms with E-state index in [4.69, 9.17) is 14.2 Å². The molecule has 7 nitrogen and oxygen atoms in total. The van der Waals surface area contributed by atoms with E-state index >= 15 is 0 Å². The third kappa shape index (κ3) is 6.43. The molecular formula is C20H31NO6. The van der Waals surface area contributed by atoms with Gasteiger partial charge in [-0.2, -0.15) is 0 Å². The Balaban J connectivity index is 2.86. The number of aromatic hydroxyl groups is 1. The summed E-state index contributed by atoms with van der Waals surface area (Å²) in [5.74, 6) is -0.398. The Morgan fingerprint density at radius 3 is 2.30 bits per heavy atom. The van der Waals surface area contributed by atoms with E-state index in [1.165, 1.54) is 12.0 Å². The lowest BCUT2D eigenvalue weighted by atomic mass is 9.97. The van der Waals surface area contributed by atoms with Gasteiger partial charge in [0.05, 0.1) is 6.61 Å². The molecule has 7 heteroatoms. The first-order valence-corrected chi connectivity index (χ1v) is 8.98. The summed E-state index contributed by atoms with van der Waals surface area (Å²) in [7, 11) is 1.44. The number of para-hydroxylation sites is 1. The van der Waals surface area contributed by atoms with Crippen LogP contribution in [0.15, 0.2) is 24.3 Å². The van der Waals surface area contributed by atoms with Crippen LogP contribution in [-0.4, -0.2) is 53.7 Å². The maximum absolute atomic E-state index is 12.8. The van der Waals surface area contributed by atoms with Gasteiger partial charge in [-0.05, 0) is 45.7 Å². The highest BCUT2D eigenvalue weighted by molar-refractivity contribution is 5.85. The number of esters is 1. The molecule has 0 aliphatic carbocycles. The number of nitrogens with zero attached hydrogens (tertiary/aromatic N) is 1. The third-order valence-electron chi connectivity index (χ3n) is 4.19. The third-order valence-corrected chi connectivity index (χ3v) is 4.19. The Kier molecular flexibility index (Phi) is 8.09. The van der Waals surface area contributed by atoms with Crippen molar-refractivity contribution in [1.29, 1.82) is 0 Å². The van der Waals surface area contributed by atoms with Crippen LogP contribution in [0.5, 0.6) is 5.75 Å². The van der Waals surface area contributed by atoms with Crippen molar-refractivity contribution in [3.63, 3.8) is 0 Å². The molecule has 0 bridgehead atoms. The van der Waals surface area contributed by atoms with E-state index in [1.807, 2.05) is 0 Å². The van der Waals surface area contributed by atoms with Crippen molar-refractivity contribution >= 4 is 12.1 Å². The minimum atomic E-state index is -1.24. The van der Waals surface area contributed by atoms with Crippen molar-refractivity contribution in [1.82, 2.24) is 4.90 Å². The number of carbonyl (C=O) groups excluding carboxylic acids is 2. The lowest BCUT2D eigenvalue weighted by Gasteiger charge is -2.38. The van der Waals surface area contributed by atoms with Crippen LogP contribution in [0.2, 0.25) is 0 Å². The number of hydrogen-bond donors (Lipinski definition) is 1. The molecule has 152 valence electrons. The van der Waals surface area contributed by atoms with Gasteiger partial charge >= 0.3 is 12.1 Å². The van der Waals surface area contributed by atoms with Crippen LogP contribution in [-0.2, 0) is 25.4 Å². The second kappa shape index (κ2) is 9.60. The van der Waals surface area contributed by atoms with Gasteiger partial charge < -0.3 is 19.3 Å². The molecule has 0 aliphatic rings.